The van der Waals surface area contributed by atoms with Crippen LogP contribution in [-0.2, 0) is 17.6 Å². The second kappa shape index (κ2) is 8.80. The monoisotopic (exact) mass is 410 g/mol. The number of carbonyl (C=O) groups is 2. The van der Waals surface area contributed by atoms with E-state index in [1.54, 1.807) is 0 Å². The summed E-state index contributed by atoms with van der Waals surface area (Å²) >= 11 is 0. The highest BCUT2D eigenvalue weighted by molar-refractivity contribution is 5.99. The van der Waals surface area contributed by atoms with E-state index in [9.17, 15) is 9.59 Å². The van der Waals surface area contributed by atoms with Crippen LogP contribution >= 0.6 is 0 Å². The van der Waals surface area contributed by atoms with Gasteiger partial charge in [-0.15, -0.1) is 0 Å². The van der Waals surface area contributed by atoms with Gasteiger partial charge in [0.05, 0.1) is 6.54 Å². The van der Waals surface area contributed by atoms with Crippen LogP contribution in [0.5, 0.6) is 0 Å². The molecule has 1 atom stereocenters. The molecule has 2 amide bonds. The molecule has 1 N–H and O–H groups in total. The standard InChI is InChI=1S/C24H34N4O2/c1-4-27(5-2)23(29)16-26-10-12-28(13-11-26)24(30)18-7-9-22-20(15-18)19-14-17(3)6-8-21(19)25-22/h7,9,15,17,25H,4-6,8,10-14,16H2,1-3H3/t17-/m0/s1. The summed E-state index contributed by atoms with van der Waals surface area (Å²) in [5.41, 5.74) is 4.66. The Hall–Kier alpha value is -2.34. The molecule has 0 radical (unpaired) electrons. The molecule has 2 aliphatic rings. The van der Waals surface area contributed by atoms with Crippen molar-refractivity contribution in [3.63, 3.8) is 0 Å². The molecule has 1 saturated heterocycles. The first kappa shape index (κ1) is 20.9. The van der Waals surface area contributed by atoms with E-state index in [1.165, 1.54) is 23.1 Å². The number of rotatable bonds is 5. The van der Waals surface area contributed by atoms with Crippen LogP contribution in [0, 0.1) is 5.92 Å². The van der Waals surface area contributed by atoms with Gasteiger partial charge in [0, 0.05) is 61.4 Å². The van der Waals surface area contributed by atoms with Crippen molar-refractivity contribution in [2.24, 2.45) is 5.92 Å². The average molecular weight is 411 g/mol. The van der Waals surface area contributed by atoms with Gasteiger partial charge in [-0.05, 0) is 62.8 Å². The maximum Gasteiger partial charge on any atom is 0.253 e. The van der Waals surface area contributed by atoms with Crippen molar-refractivity contribution in [3.05, 3.63) is 35.0 Å². The van der Waals surface area contributed by atoms with E-state index in [2.05, 4.69) is 28.9 Å². The Morgan fingerprint density at radius 2 is 1.87 bits per heavy atom. The summed E-state index contributed by atoms with van der Waals surface area (Å²) in [6, 6.07) is 6.10. The molecule has 1 aromatic carbocycles. The number of nitrogens with one attached hydrogen (secondary N) is 1. The summed E-state index contributed by atoms with van der Waals surface area (Å²) in [4.78, 5) is 35.0. The van der Waals surface area contributed by atoms with Crippen LogP contribution in [0.4, 0.5) is 0 Å². The average Bonchev–Trinajstić information content (AvgIpc) is 3.11. The Morgan fingerprint density at radius 1 is 1.13 bits per heavy atom. The highest BCUT2D eigenvalue weighted by Crippen LogP contribution is 2.32. The van der Waals surface area contributed by atoms with Crippen molar-refractivity contribution in [1.29, 1.82) is 0 Å². The molecule has 6 nitrogen and oxygen atoms in total. The third-order valence-electron chi connectivity index (χ3n) is 6.82. The molecular formula is C24H34N4O2. The number of amides is 2. The van der Waals surface area contributed by atoms with E-state index < -0.39 is 0 Å². The summed E-state index contributed by atoms with van der Waals surface area (Å²) in [5.74, 6) is 0.977. The lowest BCUT2D eigenvalue weighted by Crippen LogP contribution is -2.51. The molecule has 30 heavy (non-hydrogen) atoms. The number of hydrogen-bond donors (Lipinski definition) is 1. The Morgan fingerprint density at radius 3 is 2.57 bits per heavy atom. The number of nitrogens with zero attached hydrogens (tertiary/aromatic N) is 3. The van der Waals surface area contributed by atoms with E-state index in [0.29, 0.717) is 25.6 Å². The molecule has 2 heterocycles. The first-order valence-corrected chi connectivity index (χ1v) is 11.4. The van der Waals surface area contributed by atoms with Crippen LogP contribution < -0.4 is 0 Å². The number of fused-ring (bicyclic) bond motifs is 3. The van der Waals surface area contributed by atoms with Gasteiger partial charge in [-0.1, -0.05) is 6.92 Å². The number of H-pyrrole nitrogens is 1. The van der Waals surface area contributed by atoms with Crippen LogP contribution in [0.3, 0.4) is 0 Å². The zero-order valence-electron chi connectivity index (χ0n) is 18.5. The van der Waals surface area contributed by atoms with Crippen LogP contribution in [0.2, 0.25) is 0 Å². The quantitative estimate of drug-likeness (QED) is 0.825. The number of aryl methyl sites for hydroxylation is 1. The smallest absolute Gasteiger partial charge is 0.253 e. The normalized spacial score (nSPS) is 19.7. The Labute approximate surface area is 179 Å². The molecule has 1 aliphatic carbocycles. The van der Waals surface area contributed by atoms with Crippen molar-refractivity contribution in [2.45, 2.75) is 40.0 Å². The molecule has 0 unspecified atom stereocenters. The van der Waals surface area contributed by atoms with E-state index in [1.807, 2.05) is 29.7 Å². The fourth-order valence-electron chi connectivity index (χ4n) is 4.88. The van der Waals surface area contributed by atoms with Crippen LogP contribution in [-0.4, -0.2) is 77.3 Å². The predicted octanol–water partition coefficient (Wildman–Crippen LogP) is 2.92. The van der Waals surface area contributed by atoms with Gasteiger partial charge in [-0.2, -0.15) is 0 Å². The third-order valence-corrected chi connectivity index (χ3v) is 6.82. The van der Waals surface area contributed by atoms with E-state index in [0.717, 1.165) is 50.1 Å². The summed E-state index contributed by atoms with van der Waals surface area (Å²) in [5, 5.41) is 1.21. The van der Waals surface area contributed by atoms with Crippen molar-refractivity contribution >= 4 is 22.7 Å². The molecule has 2 aromatic rings. The minimum Gasteiger partial charge on any atom is -0.358 e. The number of carbonyl (C=O) groups excluding carboxylic acids is 2. The zero-order valence-corrected chi connectivity index (χ0v) is 18.5. The van der Waals surface area contributed by atoms with E-state index in [-0.39, 0.29) is 11.8 Å². The van der Waals surface area contributed by atoms with Crippen molar-refractivity contribution in [3.8, 4) is 0 Å². The maximum atomic E-state index is 13.1. The van der Waals surface area contributed by atoms with Crippen molar-refractivity contribution in [2.75, 3.05) is 45.8 Å². The van der Waals surface area contributed by atoms with Gasteiger partial charge < -0.3 is 14.8 Å². The number of aromatic amines is 1. The zero-order chi connectivity index (χ0) is 21.3. The number of piperazine rings is 1. The van der Waals surface area contributed by atoms with Crippen LogP contribution in [0.15, 0.2) is 18.2 Å². The number of likely N-dealkylation sites (N-methyl/N-ethyl adjacent to an activating group) is 1. The summed E-state index contributed by atoms with van der Waals surface area (Å²) in [7, 11) is 0. The Bertz CT molecular complexity index is 923. The van der Waals surface area contributed by atoms with Crippen LogP contribution in [0.1, 0.15) is 48.8 Å². The topological polar surface area (TPSA) is 59.7 Å². The highest BCUT2D eigenvalue weighted by atomic mass is 16.2. The second-order valence-electron chi connectivity index (χ2n) is 8.82. The first-order chi connectivity index (χ1) is 14.5. The third kappa shape index (κ3) is 4.10. The van der Waals surface area contributed by atoms with Crippen LogP contribution in [0.25, 0.3) is 10.9 Å². The Balaban J connectivity index is 1.41. The summed E-state index contributed by atoms with van der Waals surface area (Å²) in [6.45, 7) is 11.1. The van der Waals surface area contributed by atoms with Gasteiger partial charge in [-0.25, -0.2) is 0 Å². The lowest BCUT2D eigenvalue weighted by Gasteiger charge is -2.35. The fraction of sp³-hybridized carbons (Fsp3) is 0.583. The van der Waals surface area contributed by atoms with E-state index >= 15 is 0 Å². The SMILES string of the molecule is CCN(CC)C(=O)CN1CCN(C(=O)c2ccc3[nH]c4c(c3c2)C[C@@H](C)CC4)CC1. The minimum absolute atomic E-state index is 0.102. The molecule has 0 bridgehead atoms. The number of hydrogen-bond acceptors (Lipinski definition) is 3. The fourth-order valence-corrected chi connectivity index (χ4v) is 4.88. The van der Waals surface area contributed by atoms with Gasteiger partial charge >= 0.3 is 0 Å². The second-order valence-corrected chi connectivity index (χ2v) is 8.82. The Kier molecular flexibility index (Phi) is 6.14. The summed E-state index contributed by atoms with van der Waals surface area (Å²) in [6.07, 6.45) is 3.42. The molecule has 4 rings (SSSR count). The summed E-state index contributed by atoms with van der Waals surface area (Å²) < 4.78 is 0. The molecule has 1 fully saturated rings. The molecule has 0 saturated carbocycles. The first-order valence-electron chi connectivity index (χ1n) is 11.4. The molecule has 0 spiro atoms. The molecule has 6 heteroatoms. The molecule has 162 valence electrons. The number of benzene rings is 1. The highest BCUT2D eigenvalue weighted by Gasteiger charge is 2.25. The largest absolute Gasteiger partial charge is 0.358 e. The lowest BCUT2D eigenvalue weighted by atomic mass is 9.87. The van der Waals surface area contributed by atoms with Gasteiger partial charge in [0.1, 0.15) is 0 Å². The predicted molar refractivity (Wildman–Crippen MR) is 120 cm³/mol. The molecular weight excluding hydrogens is 376 g/mol. The van der Waals surface area contributed by atoms with Crippen molar-refractivity contribution in [1.82, 2.24) is 19.7 Å². The van der Waals surface area contributed by atoms with E-state index in [4.69, 9.17) is 0 Å². The minimum atomic E-state index is 0.102. The van der Waals surface area contributed by atoms with Gasteiger partial charge in [0.15, 0.2) is 0 Å². The lowest BCUT2D eigenvalue weighted by molar-refractivity contribution is -0.132. The molecule has 1 aromatic heterocycles. The van der Waals surface area contributed by atoms with Gasteiger partial charge in [0.2, 0.25) is 5.91 Å². The maximum absolute atomic E-state index is 13.1. The molecule has 1 aliphatic heterocycles. The van der Waals surface area contributed by atoms with Gasteiger partial charge in [0.25, 0.3) is 5.91 Å². The van der Waals surface area contributed by atoms with Crippen molar-refractivity contribution < 1.29 is 9.59 Å². The number of aromatic nitrogens is 1. The van der Waals surface area contributed by atoms with Gasteiger partial charge in [-0.3, -0.25) is 14.5 Å².